The van der Waals surface area contributed by atoms with E-state index in [-0.39, 0.29) is 11.0 Å². The summed E-state index contributed by atoms with van der Waals surface area (Å²) in [4.78, 5) is 35.8. The molecule has 0 aliphatic heterocycles. The van der Waals surface area contributed by atoms with Crippen molar-refractivity contribution in [2.75, 3.05) is 7.05 Å². The largest absolute Gasteiger partial charge is 0.358 e. The van der Waals surface area contributed by atoms with E-state index in [0.717, 1.165) is 4.57 Å². The van der Waals surface area contributed by atoms with Crippen molar-refractivity contribution >= 4 is 21.8 Å². The summed E-state index contributed by atoms with van der Waals surface area (Å²) in [6.07, 6.45) is 1.24. The number of nitrogens with one attached hydrogen (secondary N) is 2. The van der Waals surface area contributed by atoms with Gasteiger partial charge in [0.15, 0.2) is 0 Å². The van der Waals surface area contributed by atoms with Gasteiger partial charge in [0, 0.05) is 13.2 Å². The van der Waals surface area contributed by atoms with Gasteiger partial charge in [-0.25, -0.2) is 9.36 Å². The van der Waals surface area contributed by atoms with Crippen molar-refractivity contribution in [1.82, 2.24) is 14.9 Å². The molecule has 14 heavy (non-hydrogen) atoms. The number of aromatic nitrogens is 2. The topological polar surface area (TPSA) is 84.0 Å². The SMILES string of the molecule is CNC(=O)Cn1c(=O)[nH]cc(Br)c1=O. The van der Waals surface area contributed by atoms with E-state index in [4.69, 9.17) is 0 Å². The van der Waals surface area contributed by atoms with E-state index >= 15 is 0 Å². The highest BCUT2D eigenvalue weighted by Gasteiger charge is 2.07. The summed E-state index contributed by atoms with van der Waals surface area (Å²) in [6.45, 7) is -0.288. The van der Waals surface area contributed by atoms with Crippen molar-refractivity contribution in [3.8, 4) is 0 Å². The van der Waals surface area contributed by atoms with E-state index in [9.17, 15) is 14.4 Å². The fourth-order valence-electron chi connectivity index (χ4n) is 0.852. The van der Waals surface area contributed by atoms with E-state index in [2.05, 4.69) is 26.2 Å². The van der Waals surface area contributed by atoms with Crippen molar-refractivity contribution in [3.63, 3.8) is 0 Å². The number of carbonyl (C=O) groups is 1. The molecule has 1 rings (SSSR count). The molecule has 6 nitrogen and oxygen atoms in total. The Labute approximate surface area is 87.1 Å². The van der Waals surface area contributed by atoms with Crippen molar-refractivity contribution in [2.24, 2.45) is 0 Å². The molecule has 0 spiro atoms. The highest BCUT2D eigenvalue weighted by molar-refractivity contribution is 9.10. The molecule has 0 aliphatic rings. The van der Waals surface area contributed by atoms with Crippen molar-refractivity contribution < 1.29 is 4.79 Å². The number of carbonyl (C=O) groups excluding carboxylic acids is 1. The van der Waals surface area contributed by atoms with Crippen LogP contribution in [-0.4, -0.2) is 22.5 Å². The molecule has 1 amide bonds. The number of halogens is 1. The van der Waals surface area contributed by atoms with Gasteiger partial charge in [0.1, 0.15) is 6.54 Å². The highest BCUT2D eigenvalue weighted by Crippen LogP contribution is 1.95. The Morgan fingerprint density at radius 3 is 2.86 bits per heavy atom. The zero-order valence-electron chi connectivity index (χ0n) is 7.33. The summed E-state index contributed by atoms with van der Waals surface area (Å²) in [7, 11) is 1.43. The summed E-state index contributed by atoms with van der Waals surface area (Å²) >= 11 is 2.96. The lowest BCUT2D eigenvalue weighted by atomic mass is 10.5. The van der Waals surface area contributed by atoms with Crippen LogP contribution in [0.3, 0.4) is 0 Å². The van der Waals surface area contributed by atoms with Crippen LogP contribution >= 0.6 is 15.9 Å². The van der Waals surface area contributed by atoms with Gasteiger partial charge in [-0.2, -0.15) is 0 Å². The first-order chi connectivity index (χ1) is 6.56. The van der Waals surface area contributed by atoms with Crippen LogP contribution in [0.15, 0.2) is 20.3 Å². The summed E-state index contributed by atoms with van der Waals surface area (Å²) in [5, 5.41) is 2.32. The molecule has 1 aromatic rings. The van der Waals surface area contributed by atoms with Crippen LogP contribution in [0.4, 0.5) is 0 Å². The van der Waals surface area contributed by atoms with Crippen LogP contribution in [0.1, 0.15) is 0 Å². The van der Waals surface area contributed by atoms with E-state index in [0.29, 0.717) is 0 Å². The maximum absolute atomic E-state index is 11.4. The molecule has 0 unspecified atom stereocenters. The van der Waals surface area contributed by atoms with Gasteiger partial charge < -0.3 is 10.3 Å². The predicted molar refractivity (Wildman–Crippen MR) is 53.1 cm³/mol. The van der Waals surface area contributed by atoms with Crippen LogP contribution in [0.5, 0.6) is 0 Å². The quantitative estimate of drug-likeness (QED) is 0.720. The predicted octanol–water partition coefficient (Wildman–Crippen LogP) is -0.955. The fourth-order valence-corrected chi connectivity index (χ4v) is 1.18. The first-order valence-corrected chi connectivity index (χ1v) is 4.54. The van der Waals surface area contributed by atoms with Crippen molar-refractivity contribution in [1.29, 1.82) is 0 Å². The van der Waals surface area contributed by atoms with Gasteiger partial charge >= 0.3 is 5.69 Å². The molecule has 1 aromatic heterocycles. The van der Waals surface area contributed by atoms with Gasteiger partial charge in [0.05, 0.1) is 4.47 Å². The lowest BCUT2D eigenvalue weighted by Gasteiger charge is -2.02. The van der Waals surface area contributed by atoms with Crippen LogP contribution in [0.25, 0.3) is 0 Å². The molecule has 0 fully saturated rings. The number of hydrogen-bond acceptors (Lipinski definition) is 3. The Kier molecular flexibility index (Phi) is 3.23. The standard InChI is InChI=1S/C7H8BrN3O3/c1-9-5(12)3-11-6(13)4(8)2-10-7(11)14/h2H,3H2,1H3,(H,9,12)(H,10,14). The number of amides is 1. The smallest absolute Gasteiger partial charge is 0.328 e. The summed E-state index contributed by atoms with van der Waals surface area (Å²) in [5.74, 6) is -0.407. The van der Waals surface area contributed by atoms with Crippen LogP contribution in [0, 0.1) is 0 Å². The second-order valence-corrected chi connectivity index (χ2v) is 3.36. The minimum Gasteiger partial charge on any atom is -0.358 e. The Balaban J connectivity index is 3.20. The Morgan fingerprint density at radius 1 is 1.64 bits per heavy atom. The van der Waals surface area contributed by atoms with Gasteiger partial charge in [-0.3, -0.25) is 9.59 Å². The van der Waals surface area contributed by atoms with E-state index in [1.54, 1.807) is 0 Å². The van der Waals surface area contributed by atoms with Crippen LogP contribution in [0.2, 0.25) is 0 Å². The number of rotatable bonds is 2. The van der Waals surface area contributed by atoms with Crippen molar-refractivity contribution in [3.05, 3.63) is 31.5 Å². The first kappa shape index (κ1) is 10.7. The molecule has 0 aromatic carbocycles. The maximum Gasteiger partial charge on any atom is 0.328 e. The molecule has 0 bridgehead atoms. The average molecular weight is 262 g/mol. The summed E-state index contributed by atoms with van der Waals surface area (Å²) < 4.78 is 1.02. The molecule has 1 heterocycles. The molecule has 0 aliphatic carbocycles. The molecule has 0 radical (unpaired) electrons. The molecule has 0 saturated heterocycles. The molecular formula is C7H8BrN3O3. The second kappa shape index (κ2) is 4.23. The van der Waals surface area contributed by atoms with Gasteiger partial charge in [0.2, 0.25) is 5.91 Å². The second-order valence-electron chi connectivity index (χ2n) is 2.51. The van der Waals surface area contributed by atoms with E-state index < -0.39 is 17.2 Å². The monoisotopic (exact) mass is 261 g/mol. The zero-order chi connectivity index (χ0) is 10.7. The molecule has 0 atom stereocenters. The normalized spacial score (nSPS) is 9.86. The maximum atomic E-state index is 11.4. The number of nitrogens with zero attached hydrogens (tertiary/aromatic N) is 1. The number of aromatic amines is 1. The highest BCUT2D eigenvalue weighted by atomic mass is 79.9. The Bertz CT molecular complexity index is 462. The summed E-state index contributed by atoms with van der Waals surface area (Å²) in [5.41, 5.74) is -1.14. The number of hydrogen-bond donors (Lipinski definition) is 2. The van der Waals surface area contributed by atoms with E-state index in [1.165, 1.54) is 13.2 Å². The summed E-state index contributed by atoms with van der Waals surface area (Å²) in [6, 6.07) is 0. The third-order valence-corrected chi connectivity index (χ3v) is 2.17. The lowest BCUT2D eigenvalue weighted by molar-refractivity contribution is -0.121. The number of likely N-dealkylation sites (N-methyl/N-ethyl adjacent to an activating group) is 1. The van der Waals surface area contributed by atoms with E-state index in [1.807, 2.05) is 0 Å². The van der Waals surface area contributed by atoms with Crippen molar-refractivity contribution in [2.45, 2.75) is 6.54 Å². The zero-order valence-corrected chi connectivity index (χ0v) is 8.92. The number of H-pyrrole nitrogens is 1. The van der Waals surface area contributed by atoms with Gasteiger partial charge in [-0.15, -0.1) is 0 Å². The molecular weight excluding hydrogens is 254 g/mol. The molecule has 76 valence electrons. The lowest BCUT2D eigenvalue weighted by Crippen LogP contribution is -2.39. The minimum atomic E-state index is -0.609. The Morgan fingerprint density at radius 2 is 2.29 bits per heavy atom. The molecule has 2 N–H and O–H groups in total. The van der Waals surface area contributed by atoms with Gasteiger partial charge in [-0.05, 0) is 15.9 Å². The van der Waals surface area contributed by atoms with Crippen LogP contribution < -0.4 is 16.6 Å². The first-order valence-electron chi connectivity index (χ1n) is 3.75. The van der Waals surface area contributed by atoms with Crippen LogP contribution in [-0.2, 0) is 11.3 Å². The fraction of sp³-hybridized carbons (Fsp3) is 0.286. The van der Waals surface area contributed by atoms with Gasteiger partial charge in [0.25, 0.3) is 5.56 Å². The molecule has 0 saturated carbocycles. The third-order valence-electron chi connectivity index (χ3n) is 1.60. The Hall–Kier alpha value is -1.37. The average Bonchev–Trinajstić information content (AvgIpc) is 2.18. The van der Waals surface area contributed by atoms with Gasteiger partial charge in [-0.1, -0.05) is 0 Å². The molecule has 7 heteroatoms. The minimum absolute atomic E-state index is 0.209. The third kappa shape index (κ3) is 2.11.